The number of hydrogen-bond acceptors (Lipinski definition) is 5. The first-order valence-corrected chi connectivity index (χ1v) is 11.1. The van der Waals surface area contributed by atoms with Crippen molar-refractivity contribution >= 4 is 33.0 Å². The van der Waals surface area contributed by atoms with Crippen molar-refractivity contribution in [3.63, 3.8) is 0 Å². The standard InChI is InChI=1S/C19H20ClN5O2S/c1-12-22-23-19-10-8-17(21-14-5-3-13(20)4-6-14)16-11-15(24-28(2,26)27)7-9-18(16)25(12)19/h3-7,9,11,17,21,24H,8,10H2,1-2H3. The minimum atomic E-state index is -3.37. The largest absolute Gasteiger partial charge is 0.378 e. The second-order valence-electron chi connectivity index (χ2n) is 6.89. The van der Waals surface area contributed by atoms with Crippen molar-refractivity contribution in [2.45, 2.75) is 25.8 Å². The molecule has 1 unspecified atom stereocenters. The summed E-state index contributed by atoms with van der Waals surface area (Å²) in [6.07, 6.45) is 2.68. The van der Waals surface area contributed by atoms with Gasteiger partial charge in [0.25, 0.3) is 0 Å². The number of anilines is 2. The topological polar surface area (TPSA) is 88.9 Å². The van der Waals surface area contributed by atoms with Gasteiger partial charge in [-0.05, 0) is 55.8 Å². The van der Waals surface area contributed by atoms with Gasteiger partial charge in [0.2, 0.25) is 10.0 Å². The predicted octanol–water partition coefficient (Wildman–Crippen LogP) is 3.70. The maximum atomic E-state index is 11.7. The molecule has 1 aliphatic rings. The van der Waals surface area contributed by atoms with Crippen molar-refractivity contribution in [2.24, 2.45) is 0 Å². The van der Waals surface area contributed by atoms with E-state index >= 15 is 0 Å². The fraction of sp³-hybridized carbons (Fsp3) is 0.263. The van der Waals surface area contributed by atoms with Gasteiger partial charge in [-0.25, -0.2) is 8.42 Å². The molecule has 146 valence electrons. The lowest BCUT2D eigenvalue weighted by Crippen LogP contribution is -2.14. The summed E-state index contributed by atoms with van der Waals surface area (Å²) in [5.74, 6) is 1.69. The third-order valence-corrected chi connectivity index (χ3v) is 5.54. The molecule has 3 aromatic rings. The lowest BCUT2D eigenvalue weighted by molar-refractivity contribution is 0.607. The molecule has 0 fully saturated rings. The highest BCUT2D eigenvalue weighted by atomic mass is 35.5. The molecule has 1 aromatic heterocycles. The van der Waals surface area contributed by atoms with Crippen molar-refractivity contribution in [3.8, 4) is 5.69 Å². The zero-order valence-corrected chi connectivity index (χ0v) is 17.0. The summed E-state index contributed by atoms with van der Waals surface area (Å²) in [5.41, 5.74) is 3.39. The summed E-state index contributed by atoms with van der Waals surface area (Å²) in [4.78, 5) is 0. The molecule has 0 amide bonds. The third-order valence-electron chi connectivity index (χ3n) is 4.68. The Balaban J connectivity index is 1.80. The van der Waals surface area contributed by atoms with Crippen LogP contribution in [0.15, 0.2) is 42.5 Å². The average molecular weight is 418 g/mol. The van der Waals surface area contributed by atoms with E-state index in [1.807, 2.05) is 47.9 Å². The molecule has 0 radical (unpaired) electrons. The van der Waals surface area contributed by atoms with Gasteiger partial charge in [-0.15, -0.1) is 10.2 Å². The lowest BCUT2D eigenvalue weighted by atomic mass is 10.00. The highest BCUT2D eigenvalue weighted by molar-refractivity contribution is 7.92. The Hall–Kier alpha value is -2.58. The van der Waals surface area contributed by atoms with Crippen LogP contribution in [0.25, 0.3) is 5.69 Å². The van der Waals surface area contributed by atoms with Crippen molar-refractivity contribution in [1.29, 1.82) is 0 Å². The number of nitrogens with zero attached hydrogens (tertiary/aromatic N) is 3. The number of halogens is 1. The Morgan fingerprint density at radius 1 is 1.11 bits per heavy atom. The number of fused-ring (bicyclic) bond motifs is 3. The van der Waals surface area contributed by atoms with Gasteiger partial charge in [0.15, 0.2) is 0 Å². The maximum absolute atomic E-state index is 11.7. The molecule has 28 heavy (non-hydrogen) atoms. The minimum absolute atomic E-state index is 0.0291. The summed E-state index contributed by atoms with van der Waals surface area (Å²) < 4.78 is 28.0. The van der Waals surface area contributed by atoms with Crippen molar-refractivity contribution in [1.82, 2.24) is 14.8 Å². The molecule has 0 saturated heterocycles. The van der Waals surface area contributed by atoms with Crippen molar-refractivity contribution in [3.05, 3.63) is 64.7 Å². The van der Waals surface area contributed by atoms with Gasteiger partial charge in [-0.1, -0.05) is 11.6 Å². The first-order chi connectivity index (χ1) is 13.3. The van der Waals surface area contributed by atoms with Gasteiger partial charge >= 0.3 is 0 Å². The van der Waals surface area contributed by atoms with Crippen LogP contribution in [0.3, 0.4) is 0 Å². The van der Waals surface area contributed by atoms with E-state index in [4.69, 9.17) is 11.6 Å². The first-order valence-electron chi connectivity index (χ1n) is 8.85. The van der Waals surface area contributed by atoms with Crippen LogP contribution in [0, 0.1) is 6.92 Å². The van der Waals surface area contributed by atoms with Crippen LogP contribution in [0.2, 0.25) is 5.02 Å². The predicted molar refractivity (Wildman–Crippen MR) is 111 cm³/mol. The molecular weight excluding hydrogens is 398 g/mol. The van der Waals surface area contributed by atoms with Gasteiger partial charge in [0.1, 0.15) is 11.6 Å². The van der Waals surface area contributed by atoms with Crippen LogP contribution >= 0.6 is 11.6 Å². The minimum Gasteiger partial charge on any atom is -0.378 e. The van der Waals surface area contributed by atoms with Crippen LogP contribution in [0.4, 0.5) is 11.4 Å². The van der Waals surface area contributed by atoms with Gasteiger partial charge in [-0.3, -0.25) is 9.29 Å². The summed E-state index contributed by atoms with van der Waals surface area (Å²) in [7, 11) is -3.37. The Labute approximate surface area is 168 Å². The lowest BCUT2D eigenvalue weighted by Gasteiger charge is -2.22. The first kappa shape index (κ1) is 18.8. The fourth-order valence-electron chi connectivity index (χ4n) is 3.52. The van der Waals surface area contributed by atoms with E-state index in [0.717, 1.165) is 47.7 Å². The molecule has 7 nitrogen and oxygen atoms in total. The van der Waals surface area contributed by atoms with Gasteiger partial charge < -0.3 is 5.32 Å². The van der Waals surface area contributed by atoms with E-state index < -0.39 is 10.0 Å². The van der Waals surface area contributed by atoms with Crippen LogP contribution in [0.1, 0.15) is 29.7 Å². The highest BCUT2D eigenvalue weighted by Gasteiger charge is 2.25. The molecule has 4 rings (SSSR count). The normalized spacial score (nSPS) is 16.0. The van der Waals surface area contributed by atoms with Crippen molar-refractivity contribution < 1.29 is 8.42 Å². The molecule has 0 spiro atoms. The second kappa shape index (κ2) is 7.10. The van der Waals surface area contributed by atoms with E-state index in [0.29, 0.717) is 10.7 Å². The molecule has 0 saturated carbocycles. The van der Waals surface area contributed by atoms with Gasteiger partial charge in [0, 0.05) is 28.4 Å². The number of benzene rings is 2. The van der Waals surface area contributed by atoms with Crippen LogP contribution in [-0.4, -0.2) is 29.4 Å². The van der Waals surface area contributed by atoms with Gasteiger partial charge in [0.05, 0.1) is 18.0 Å². The Bertz CT molecular complexity index is 1130. The van der Waals surface area contributed by atoms with Gasteiger partial charge in [-0.2, -0.15) is 0 Å². The third kappa shape index (κ3) is 3.83. The molecule has 9 heteroatoms. The summed E-state index contributed by atoms with van der Waals surface area (Å²) in [6, 6.07) is 13.0. The highest BCUT2D eigenvalue weighted by Crippen LogP contribution is 2.35. The van der Waals surface area contributed by atoms with E-state index in [1.54, 1.807) is 6.07 Å². The number of nitrogens with one attached hydrogen (secondary N) is 2. The molecule has 2 heterocycles. The second-order valence-corrected chi connectivity index (χ2v) is 9.07. The van der Waals surface area contributed by atoms with Crippen molar-refractivity contribution in [2.75, 3.05) is 16.3 Å². The van der Waals surface area contributed by atoms with E-state index in [-0.39, 0.29) is 6.04 Å². The van der Waals surface area contributed by atoms with Crippen LogP contribution in [0.5, 0.6) is 0 Å². The zero-order valence-electron chi connectivity index (χ0n) is 15.5. The molecule has 1 atom stereocenters. The van der Waals surface area contributed by atoms with Crippen LogP contribution < -0.4 is 10.0 Å². The van der Waals surface area contributed by atoms with E-state index in [2.05, 4.69) is 20.2 Å². The smallest absolute Gasteiger partial charge is 0.229 e. The van der Waals surface area contributed by atoms with E-state index in [1.165, 1.54) is 0 Å². The molecule has 0 aliphatic carbocycles. The monoisotopic (exact) mass is 417 g/mol. The molecule has 0 bridgehead atoms. The number of aryl methyl sites for hydroxylation is 2. The van der Waals surface area contributed by atoms with E-state index in [9.17, 15) is 8.42 Å². The molecular formula is C19H20ClN5O2S. The number of hydrogen-bond donors (Lipinski definition) is 2. The summed E-state index contributed by atoms with van der Waals surface area (Å²) >= 11 is 6.00. The molecule has 2 aromatic carbocycles. The SMILES string of the molecule is Cc1nnc2n1-c1ccc(NS(C)(=O)=O)cc1C(Nc1ccc(Cl)cc1)CC2. The molecule has 2 N–H and O–H groups in total. The fourth-order valence-corrected chi connectivity index (χ4v) is 4.20. The van der Waals surface area contributed by atoms with Crippen LogP contribution in [-0.2, 0) is 16.4 Å². The number of sulfonamides is 1. The Kier molecular flexibility index (Phi) is 4.76. The zero-order chi connectivity index (χ0) is 19.9. The quantitative estimate of drug-likeness (QED) is 0.675. The average Bonchev–Trinajstić information content (AvgIpc) is 2.92. The number of aromatic nitrogens is 3. The molecule has 1 aliphatic heterocycles. The Morgan fingerprint density at radius 2 is 1.82 bits per heavy atom. The maximum Gasteiger partial charge on any atom is 0.229 e. The summed E-state index contributed by atoms with van der Waals surface area (Å²) in [5, 5.41) is 12.7. The number of rotatable bonds is 4. The summed E-state index contributed by atoms with van der Waals surface area (Å²) in [6.45, 7) is 1.91. The Morgan fingerprint density at radius 3 is 2.54 bits per heavy atom.